The maximum Gasteiger partial charge on any atom is 0.354 e. The van der Waals surface area contributed by atoms with Crippen LogP contribution in [0.2, 0.25) is 0 Å². The van der Waals surface area contributed by atoms with E-state index in [2.05, 4.69) is 4.98 Å². The van der Waals surface area contributed by atoms with Crippen molar-refractivity contribution < 1.29 is 19.6 Å². The SMILES string of the molecule is CCc1ccc(Oc2nc(C(=O)O)ccc2[N+](=O)[O-])cc1. The molecule has 1 N–H and O–H groups in total. The highest BCUT2D eigenvalue weighted by Gasteiger charge is 2.20. The van der Waals surface area contributed by atoms with Crippen molar-refractivity contribution >= 4 is 11.7 Å². The number of aromatic nitrogens is 1. The van der Waals surface area contributed by atoms with E-state index in [1.807, 2.05) is 19.1 Å². The normalized spacial score (nSPS) is 10.1. The number of aromatic carboxylic acids is 1. The summed E-state index contributed by atoms with van der Waals surface area (Å²) in [6, 6.07) is 9.07. The highest BCUT2D eigenvalue weighted by Crippen LogP contribution is 2.29. The van der Waals surface area contributed by atoms with Crippen molar-refractivity contribution in [1.82, 2.24) is 4.98 Å². The lowest BCUT2D eigenvalue weighted by Crippen LogP contribution is -2.03. The second-order valence-electron chi connectivity index (χ2n) is 4.18. The van der Waals surface area contributed by atoms with E-state index in [1.165, 1.54) is 0 Å². The maximum absolute atomic E-state index is 10.9. The predicted molar refractivity (Wildman–Crippen MR) is 73.7 cm³/mol. The lowest BCUT2D eigenvalue weighted by molar-refractivity contribution is -0.386. The van der Waals surface area contributed by atoms with Crippen LogP contribution in [-0.2, 0) is 6.42 Å². The molecular weight excluding hydrogens is 276 g/mol. The molecule has 0 aliphatic rings. The van der Waals surface area contributed by atoms with E-state index >= 15 is 0 Å². The molecule has 7 nitrogen and oxygen atoms in total. The molecule has 1 aromatic heterocycles. The van der Waals surface area contributed by atoms with E-state index in [4.69, 9.17) is 9.84 Å². The van der Waals surface area contributed by atoms with Gasteiger partial charge in [-0.15, -0.1) is 0 Å². The number of pyridine rings is 1. The zero-order valence-corrected chi connectivity index (χ0v) is 11.1. The van der Waals surface area contributed by atoms with Crippen LogP contribution in [0.15, 0.2) is 36.4 Å². The molecule has 1 heterocycles. The van der Waals surface area contributed by atoms with Crippen LogP contribution in [-0.4, -0.2) is 21.0 Å². The molecule has 0 radical (unpaired) electrons. The zero-order valence-electron chi connectivity index (χ0n) is 11.1. The van der Waals surface area contributed by atoms with Crippen LogP contribution < -0.4 is 4.74 Å². The van der Waals surface area contributed by atoms with E-state index in [0.29, 0.717) is 5.75 Å². The monoisotopic (exact) mass is 288 g/mol. The number of carboxylic acid groups (broad SMARTS) is 1. The maximum atomic E-state index is 10.9. The fraction of sp³-hybridized carbons (Fsp3) is 0.143. The molecule has 0 spiro atoms. The van der Waals surface area contributed by atoms with Crippen molar-refractivity contribution in [2.45, 2.75) is 13.3 Å². The summed E-state index contributed by atoms with van der Waals surface area (Å²) in [5.41, 5.74) is 0.379. The van der Waals surface area contributed by atoms with Crippen LogP contribution in [0.1, 0.15) is 23.0 Å². The number of nitro groups is 1. The number of nitrogens with zero attached hydrogens (tertiary/aromatic N) is 2. The molecular formula is C14H12N2O5. The third-order valence-electron chi connectivity index (χ3n) is 2.80. The van der Waals surface area contributed by atoms with Crippen LogP contribution in [0.5, 0.6) is 11.6 Å². The summed E-state index contributed by atoms with van der Waals surface area (Å²) in [5, 5.41) is 19.8. The molecule has 1 aromatic carbocycles. The summed E-state index contributed by atoms with van der Waals surface area (Å²) in [6.45, 7) is 2.00. The molecule has 0 aliphatic carbocycles. The number of hydrogen-bond acceptors (Lipinski definition) is 5. The Hall–Kier alpha value is -2.96. The summed E-state index contributed by atoms with van der Waals surface area (Å²) in [6.07, 6.45) is 0.854. The molecule has 7 heteroatoms. The smallest absolute Gasteiger partial charge is 0.354 e. The van der Waals surface area contributed by atoms with Gasteiger partial charge in [0.1, 0.15) is 5.75 Å². The summed E-state index contributed by atoms with van der Waals surface area (Å²) in [7, 11) is 0. The molecule has 0 bridgehead atoms. The van der Waals surface area contributed by atoms with Gasteiger partial charge in [-0.25, -0.2) is 4.79 Å². The largest absolute Gasteiger partial charge is 0.477 e. The van der Waals surface area contributed by atoms with E-state index in [-0.39, 0.29) is 17.3 Å². The van der Waals surface area contributed by atoms with Gasteiger partial charge in [0, 0.05) is 6.07 Å². The van der Waals surface area contributed by atoms with Gasteiger partial charge in [0.15, 0.2) is 5.69 Å². The standard InChI is InChI=1S/C14H12N2O5/c1-2-9-3-5-10(6-4-9)21-13-12(16(19)20)8-7-11(15-13)14(17)18/h3-8H,2H2,1H3,(H,17,18). The summed E-state index contributed by atoms with van der Waals surface area (Å²) < 4.78 is 5.35. The summed E-state index contributed by atoms with van der Waals surface area (Å²) in [4.78, 5) is 24.8. The van der Waals surface area contributed by atoms with Gasteiger partial charge >= 0.3 is 11.7 Å². The number of hydrogen-bond donors (Lipinski definition) is 1. The van der Waals surface area contributed by atoms with Crippen LogP contribution in [0.3, 0.4) is 0 Å². The molecule has 0 amide bonds. The second-order valence-corrected chi connectivity index (χ2v) is 4.18. The topological polar surface area (TPSA) is 103 Å². The highest BCUT2D eigenvalue weighted by molar-refractivity contribution is 5.85. The van der Waals surface area contributed by atoms with Crippen LogP contribution in [0, 0.1) is 10.1 Å². The third kappa shape index (κ3) is 3.33. The van der Waals surface area contributed by atoms with Crippen molar-refractivity contribution in [3.63, 3.8) is 0 Å². The average molecular weight is 288 g/mol. The molecule has 0 unspecified atom stereocenters. The van der Waals surface area contributed by atoms with Gasteiger partial charge in [-0.3, -0.25) is 10.1 Å². The van der Waals surface area contributed by atoms with E-state index in [0.717, 1.165) is 24.1 Å². The van der Waals surface area contributed by atoms with Gasteiger partial charge < -0.3 is 9.84 Å². The van der Waals surface area contributed by atoms with Crippen molar-refractivity contribution in [3.05, 3.63) is 57.8 Å². The van der Waals surface area contributed by atoms with Gasteiger partial charge in [-0.1, -0.05) is 19.1 Å². The van der Waals surface area contributed by atoms with Crippen molar-refractivity contribution in [3.8, 4) is 11.6 Å². The Morgan fingerprint density at radius 3 is 2.48 bits per heavy atom. The molecule has 21 heavy (non-hydrogen) atoms. The fourth-order valence-electron chi connectivity index (χ4n) is 1.67. The van der Waals surface area contributed by atoms with Crippen LogP contribution in [0.25, 0.3) is 0 Å². The molecule has 2 rings (SSSR count). The quantitative estimate of drug-likeness (QED) is 0.670. The van der Waals surface area contributed by atoms with Crippen molar-refractivity contribution in [2.24, 2.45) is 0 Å². The number of carbonyl (C=O) groups is 1. The minimum atomic E-state index is -1.28. The second kappa shape index (κ2) is 6.00. The Labute approximate surface area is 120 Å². The lowest BCUT2D eigenvalue weighted by atomic mass is 10.2. The molecule has 0 atom stereocenters. The summed E-state index contributed by atoms with van der Waals surface area (Å²) in [5.74, 6) is -1.27. The number of benzene rings is 1. The molecule has 0 aliphatic heterocycles. The molecule has 2 aromatic rings. The summed E-state index contributed by atoms with van der Waals surface area (Å²) >= 11 is 0. The zero-order chi connectivity index (χ0) is 15.4. The number of carboxylic acids is 1. The molecule has 108 valence electrons. The van der Waals surface area contributed by atoms with E-state index < -0.39 is 10.9 Å². The van der Waals surface area contributed by atoms with Gasteiger partial charge in [-0.2, -0.15) is 4.98 Å². The predicted octanol–water partition coefficient (Wildman–Crippen LogP) is 3.04. The first-order chi connectivity index (χ1) is 10.0. The Morgan fingerprint density at radius 1 is 1.29 bits per heavy atom. The fourth-order valence-corrected chi connectivity index (χ4v) is 1.67. The van der Waals surface area contributed by atoms with Crippen molar-refractivity contribution in [2.75, 3.05) is 0 Å². The van der Waals surface area contributed by atoms with Crippen LogP contribution in [0.4, 0.5) is 5.69 Å². The van der Waals surface area contributed by atoms with Gasteiger partial charge in [-0.05, 0) is 30.2 Å². The van der Waals surface area contributed by atoms with Crippen molar-refractivity contribution in [1.29, 1.82) is 0 Å². The van der Waals surface area contributed by atoms with Gasteiger partial charge in [0.05, 0.1) is 4.92 Å². The number of rotatable bonds is 5. The molecule has 0 fully saturated rings. The first-order valence-corrected chi connectivity index (χ1v) is 6.16. The van der Waals surface area contributed by atoms with Crippen LogP contribution >= 0.6 is 0 Å². The molecule has 0 saturated carbocycles. The van der Waals surface area contributed by atoms with Gasteiger partial charge in [0.2, 0.25) is 0 Å². The van der Waals surface area contributed by atoms with E-state index in [9.17, 15) is 14.9 Å². The Kier molecular flexibility index (Phi) is 4.13. The Bertz CT molecular complexity index is 682. The minimum absolute atomic E-state index is 0.319. The average Bonchev–Trinajstić information content (AvgIpc) is 2.47. The molecule has 0 saturated heterocycles. The van der Waals surface area contributed by atoms with Gasteiger partial charge in [0.25, 0.3) is 5.88 Å². The lowest BCUT2D eigenvalue weighted by Gasteiger charge is -2.06. The Morgan fingerprint density at radius 2 is 1.95 bits per heavy atom. The highest BCUT2D eigenvalue weighted by atomic mass is 16.6. The third-order valence-corrected chi connectivity index (χ3v) is 2.80. The first kappa shape index (κ1) is 14.4. The number of aryl methyl sites for hydroxylation is 1. The first-order valence-electron chi connectivity index (χ1n) is 6.16. The van der Waals surface area contributed by atoms with E-state index in [1.54, 1.807) is 12.1 Å². The number of ether oxygens (including phenoxy) is 1. The Balaban J connectivity index is 2.37. The minimum Gasteiger partial charge on any atom is -0.477 e.